The molecule has 3 saturated heterocycles. The van der Waals surface area contributed by atoms with Crippen LogP contribution in [-0.2, 0) is 0 Å². The number of imidazole rings is 2. The van der Waals surface area contributed by atoms with Crippen LogP contribution in [0.2, 0.25) is 0 Å². The third kappa shape index (κ3) is 2.82. The fourth-order valence-corrected chi connectivity index (χ4v) is 5.30. The van der Waals surface area contributed by atoms with Crippen LogP contribution in [-0.4, -0.2) is 65.6 Å². The van der Waals surface area contributed by atoms with E-state index in [2.05, 4.69) is 9.97 Å². The molecule has 0 saturated carbocycles. The number of aryl methyl sites for hydroxylation is 2. The van der Waals surface area contributed by atoms with Gasteiger partial charge in [0.1, 0.15) is 11.3 Å². The molecule has 3 fully saturated rings. The quantitative estimate of drug-likeness (QED) is 0.492. The molecule has 2 atom stereocenters. The highest BCUT2D eigenvalue weighted by Gasteiger charge is 2.44. The second kappa shape index (κ2) is 6.91. The maximum absolute atomic E-state index is 13.5. The molecule has 4 aromatic rings. The second-order valence-corrected chi connectivity index (χ2v) is 8.98. The first-order chi connectivity index (χ1) is 15.5. The maximum Gasteiger partial charge on any atom is 0.258 e. The molecular formula is C24H24N6O2. The molecule has 8 nitrogen and oxygen atoms in total. The van der Waals surface area contributed by atoms with E-state index in [1.54, 1.807) is 12.4 Å². The number of amides is 2. The molecule has 0 aliphatic carbocycles. The molecule has 4 aromatic heterocycles. The lowest BCUT2D eigenvalue weighted by Crippen LogP contribution is -2.65. The molecule has 162 valence electrons. The van der Waals surface area contributed by atoms with E-state index in [9.17, 15) is 9.59 Å². The summed E-state index contributed by atoms with van der Waals surface area (Å²) in [6.07, 6.45) is 12.9. The zero-order valence-corrected chi connectivity index (χ0v) is 18.1. The van der Waals surface area contributed by atoms with E-state index in [0.717, 1.165) is 24.0 Å². The number of carbonyl (C=O) groups excluding carboxylic acids is 2. The van der Waals surface area contributed by atoms with E-state index in [4.69, 9.17) is 0 Å². The summed E-state index contributed by atoms with van der Waals surface area (Å²) >= 11 is 0. The van der Waals surface area contributed by atoms with Gasteiger partial charge in [0.15, 0.2) is 0 Å². The van der Waals surface area contributed by atoms with Gasteiger partial charge in [0.2, 0.25) is 0 Å². The van der Waals surface area contributed by atoms with Crippen molar-refractivity contribution >= 4 is 23.1 Å². The highest BCUT2D eigenvalue weighted by Crippen LogP contribution is 2.32. The van der Waals surface area contributed by atoms with Crippen LogP contribution >= 0.6 is 0 Å². The van der Waals surface area contributed by atoms with Crippen LogP contribution in [0.1, 0.15) is 44.7 Å². The zero-order valence-electron chi connectivity index (χ0n) is 18.1. The molecule has 32 heavy (non-hydrogen) atoms. The number of nitrogens with zero attached hydrogens (tertiary/aromatic N) is 6. The van der Waals surface area contributed by atoms with E-state index in [1.807, 2.05) is 69.4 Å². The Morgan fingerprint density at radius 3 is 1.62 bits per heavy atom. The van der Waals surface area contributed by atoms with Gasteiger partial charge in [0.05, 0.1) is 11.1 Å². The Balaban J connectivity index is 1.30. The van der Waals surface area contributed by atoms with Crippen molar-refractivity contribution in [2.24, 2.45) is 0 Å². The smallest absolute Gasteiger partial charge is 0.258 e. The van der Waals surface area contributed by atoms with Gasteiger partial charge in [-0.1, -0.05) is 0 Å². The first-order valence-electron chi connectivity index (χ1n) is 11.0. The van der Waals surface area contributed by atoms with E-state index >= 15 is 0 Å². The highest BCUT2D eigenvalue weighted by molar-refractivity contribution is 6.02. The first kappa shape index (κ1) is 19.0. The number of fused-ring (bicyclic) bond motifs is 5. The largest absolute Gasteiger partial charge is 0.332 e. The molecule has 0 N–H and O–H groups in total. The van der Waals surface area contributed by atoms with Crippen LogP contribution in [0.15, 0.2) is 49.3 Å². The molecule has 2 bridgehead atoms. The standard InChI is InChI=1S/C24H24N6O2/c1-15-9-19(21-25-5-7-27(21)11-15)23(31)29-13-18-4-3-17(29)14-30(18)24(32)20-10-16(2)12-28-8-6-26-22(20)28/h5-12,17-18H,3-4,13-14H2,1-2H3. The lowest BCUT2D eigenvalue weighted by Gasteiger charge is -2.51. The van der Waals surface area contributed by atoms with Crippen LogP contribution in [0.3, 0.4) is 0 Å². The number of hydrogen-bond donors (Lipinski definition) is 0. The van der Waals surface area contributed by atoms with Gasteiger partial charge in [-0.25, -0.2) is 9.97 Å². The van der Waals surface area contributed by atoms with Crippen LogP contribution in [0.5, 0.6) is 0 Å². The fraction of sp³-hybridized carbons (Fsp3) is 0.333. The zero-order chi connectivity index (χ0) is 22.0. The highest BCUT2D eigenvalue weighted by atomic mass is 16.2. The van der Waals surface area contributed by atoms with Gasteiger partial charge in [0.25, 0.3) is 11.8 Å². The summed E-state index contributed by atoms with van der Waals surface area (Å²) in [5.74, 6) is -0.00389. The average molecular weight is 428 g/mol. The molecule has 3 aliphatic heterocycles. The van der Waals surface area contributed by atoms with Gasteiger partial charge in [-0.3, -0.25) is 9.59 Å². The number of pyridine rings is 2. The van der Waals surface area contributed by atoms with Crippen molar-refractivity contribution in [1.29, 1.82) is 0 Å². The Hall–Kier alpha value is -3.68. The minimum Gasteiger partial charge on any atom is -0.332 e. The van der Waals surface area contributed by atoms with Crippen LogP contribution < -0.4 is 0 Å². The summed E-state index contributed by atoms with van der Waals surface area (Å²) in [6.45, 7) is 5.06. The normalized spacial score (nSPS) is 20.4. The van der Waals surface area contributed by atoms with E-state index in [1.165, 1.54) is 0 Å². The minimum absolute atomic E-state index is 0.00194. The summed E-state index contributed by atoms with van der Waals surface area (Å²) < 4.78 is 3.79. The molecule has 3 aliphatic rings. The van der Waals surface area contributed by atoms with Gasteiger partial charge >= 0.3 is 0 Å². The van der Waals surface area contributed by atoms with E-state index in [-0.39, 0.29) is 23.9 Å². The summed E-state index contributed by atoms with van der Waals surface area (Å²) in [7, 11) is 0. The van der Waals surface area contributed by atoms with E-state index in [0.29, 0.717) is 35.5 Å². The van der Waals surface area contributed by atoms with Gasteiger partial charge in [0, 0.05) is 62.4 Å². The minimum atomic E-state index is -0.00194. The molecule has 0 radical (unpaired) electrons. The topological polar surface area (TPSA) is 75.2 Å². The molecule has 7 rings (SSSR count). The lowest BCUT2D eigenvalue weighted by atomic mass is 9.89. The van der Waals surface area contributed by atoms with E-state index < -0.39 is 0 Å². The Morgan fingerprint density at radius 2 is 1.22 bits per heavy atom. The fourth-order valence-electron chi connectivity index (χ4n) is 5.30. The summed E-state index contributed by atoms with van der Waals surface area (Å²) in [5.41, 5.74) is 4.63. The molecule has 0 aromatic carbocycles. The third-order valence-corrected chi connectivity index (χ3v) is 6.76. The Bertz CT molecular complexity index is 1280. The molecule has 7 heterocycles. The maximum atomic E-state index is 13.5. The molecule has 0 spiro atoms. The number of carbonyl (C=O) groups is 2. The molecular weight excluding hydrogens is 404 g/mol. The summed E-state index contributed by atoms with van der Waals surface area (Å²) in [5, 5.41) is 0. The Morgan fingerprint density at radius 1 is 0.781 bits per heavy atom. The van der Waals surface area contributed by atoms with Crippen molar-refractivity contribution in [3.05, 3.63) is 71.6 Å². The Kier molecular flexibility index (Phi) is 4.11. The first-order valence-corrected chi connectivity index (χ1v) is 11.0. The summed E-state index contributed by atoms with van der Waals surface area (Å²) in [6, 6.07) is 3.84. The lowest BCUT2D eigenvalue weighted by molar-refractivity contribution is -0.00596. The molecule has 2 amide bonds. The third-order valence-electron chi connectivity index (χ3n) is 6.76. The van der Waals surface area contributed by atoms with Gasteiger partial charge in [-0.2, -0.15) is 0 Å². The van der Waals surface area contributed by atoms with Gasteiger partial charge in [-0.05, 0) is 49.9 Å². The van der Waals surface area contributed by atoms with Crippen molar-refractivity contribution in [2.45, 2.75) is 38.8 Å². The van der Waals surface area contributed by atoms with Gasteiger partial charge < -0.3 is 18.6 Å². The predicted molar refractivity (Wildman–Crippen MR) is 119 cm³/mol. The second-order valence-electron chi connectivity index (χ2n) is 8.98. The van der Waals surface area contributed by atoms with Crippen LogP contribution in [0.4, 0.5) is 0 Å². The molecule has 8 heteroatoms. The predicted octanol–water partition coefficient (Wildman–Crippen LogP) is 2.73. The van der Waals surface area contributed by atoms with Crippen molar-refractivity contribution in [2.75, 3.05) is 13.1 Å². The number of piperazine rings is 1. The van der Waals surface area contributed by atoms with Crippen LogP contribution in [0.25, 0.3) is 11.3 Å². The van der Waals surface area contributed by atoms with Gasteiger partial charge in [-0.15, -0.1) is 0 Å². The van der Waals surface area contributed by atoms with Crippen molar-refractivity contribution in [3.8, 4) is 0 Å². The molecule has 2 unspecified atom stereocenters. The number of piperidine rings is 2. The number of aromatic nitrogens is 4. The van der Waals surface area contributed by atoms with Crippen molar-refractivity contribution in [3.63, 3.8) is 0 Å². The number of rotatable bonds is 2. The monoisotopic (exact) mass is 428 g/mol. The van der Waals surface area contributed by atoms with Crippen LogP contribution in [0, 0.1) is 13.8 Å². The number of hydrogen-bond acceptors (Lipinski definition) is 4. The summed E-state index contributed by atoms with van der Waals surface area (Å²) in [4.78, 5) is 39.8. The Labute approximate surface area is 185 Å². The average Bonchev–Trinajstić information content (AvgIpc) is 3.46. The van der Waals surface area contributed by atoms with Crippen molar-refractivity contribution < 1.29 is 9.59 Å². The van der Waals surface area contributed by atoms with Crippen molar-refractivity contribution in [1.82, 2.24) is 28.6 Å². The SMILES string of the molecule is Cc1cc(C(=O)N2CC3CCC2CN3C(=O)c2cc(C)cn3ccnc23)c2nccn2c1.